The normalized spacial score (nSPS) is 23.6. The van der Waals surface area contributed by atoms with Gasteiger partial charge in [0.25, 0.3) is 5.91 Å². The van der Waals surface area contributed by atoms with Crippen LogP contribution >= 0.6 is 0 Å². The number of para-hydroxylation sites is 1. The van der Waals surface area contributed by atoms with Crippen molar-refractivity contribution in [2.75, 3.05) is 19.5 Å². The summed E-state index contributed by atoms with van der Waals surface area (Å²) in [5.41, 5.74) is 0.202. The van der Waals surface area contributed by atoms with Gasteiger partial charge in [0, 0.05) is 18.4 Å². The van der Waals surface area contributed by atoms with Gasteiger partial charge in [-0.3, -0.25) is 4.79 Å². The molecule has 1 amide bonds. The number of benzene rings is 2. The van der Waals surface area contributed by atoms with E-state index in [0.717, 1.165) is 0 Å². The van der Waals surface area contributed by atoms with Crippen molar-refractivity contribution in [3.8, 4) is 5.75 Å². The summed E-state index contributed by atoms with van der Waals surface area (Å²) < 4.78 is 10.4. The van der Waals surface area contributed by atoms with Gasteiger partial charge in [-0.05, 0) is 23.8 Å². The van der Waals surface area contributed by atoms with Crippen LogP contribution in [0.15, 0.2) is 48.5 Å². The Balaban J connectivity index is 2.20. The Hall–Kier alpha value is -2.37. The zero-order valence-electron chi connectivity index (χ0n) is 12.4. The maximum atomic E-state index is 12.3. The Labute approximate surface area is 128 Å². The second kappa shape index (κ2) is 5.44. The minimum atomic E-state index is -1.56. The predicted molar refractivity (Wildman–Crippen MR) is 81.9 cm³/mol. The summed E-state index contributed by atoms with van der Waals surface area (Å²) in [4.78, 5) is 12.3. The smallest absolute Gasteiger partial charge is 0.257 e. The molecule has 0 spiro atoms. The van der Waals surface area contributed by atoms with Crippen LogP contribution in [0, 0.1) is 0 Å². The highest BCUT2D eigenvalue weighted by Crippen LogP contribution is 2.42. The lowest BCUT2D eigenvalue weighted by Crippen LogP contribution is -2.52. The quantitative estimate of drug-likeness (QED) is 0.908. The van der Waals surface area contributed by atoms with Crippen LogP contribution in [-0.4, -0.2) is 31.3 Å². The van der Waals surface area contributed by atoms with Crippen molar-refractivity contribution < 1.29 is 19.4 Å². The number of carbonyl (C=O) groups excluding carboxylic acids is 1. The molecule has 0 saturated carbocycles. The average Bonchev–Trinajstić information content (AvgIpc) is 2.55. The molecule has 0 saturated heterocycles. The Bertz CT molecular complexity index is 698. The molecule has 5 heteroatoms. The summed E-state index contributed by atoms with van der Waals surface area (Å²) >= 11 is 0. The van der Waals surface area contributed by atoms with Gasteiger partial charge < -0.3 is 19.9 Å². The fraction of sp³-hybridized carbons (Fsp3) is 0.235. The van der Waals surface area contributed by atoms with Gasteiger partial charge in [-0.15, -0.1) is 0 Å². The Kier molecular flexibility index (Phi) is 3.60. The number of fused-ring (bicyclic) bond motifs is 1. The number of hydrogen-bond acceptors (Lipinski definition) is 4. The van der Waals surface area contributed by atoms with Gasteiger partial charge in [-0.2, -0.15) is 0 Å². The maximum Gasteiger partial charge on any atom is 0.257 e. The van der Waals surface area contributed by atoms with Crippen molar-refractivity contribution in [3.05, 3.63) is 59.7 Å². The number of methoxy groups -OCH3 is 2. The van der Waals surface area contributed by atoms with Gasteiger partial charge in [0.2, 0.25) is 0 Å². The standard InChI is InChI=1S/C17H17NO4/c1-21-12-9-7-11(8-10-12)17(20)13-5-3-4-6-14(13)18-16(19)15(17)22-2/h3-10,15,20H,1-2H3,(H,18,19)/t15-,17-/m1/s1. The lowest BCUT2D eigenvalue weighted by Gasteiger charge is -2.40. The monoisotopic (exact) mass is 299 g/mol. The number of aliphatic hydroxyl groups is 1. The molecule has 0 aromatic heterocycles. The molecule has 2 aromatic rings. The topological polar surface area (TPSA) is 67.8 Å². The van der Waals surface area contributed by atoms with Crippen molar-refractivity contribution in [1.29, 1.82) is 0 Å². The fourth-order valence-corrected chi connectivity index (χ4v) is 2.88. The van der Waals surface area contributed by atoms with Gasteiger partial charge in [0.1, 0.15) is 5.75 Å². The molecule has 0 bridgehead atoms. The molecular weight excluding hydrogens is 282 g/mol. The summed E-state index contributed by atoms with van der Waals surface area (Å²) in [5, 5.41) is 14.1. The van der Waals surface area contributed by atoms with E-state index in [1.54, 1.807) is 49.6 Å². The number of rotatable bonds is 3. The van der Waals surface area contributed by atoms with E-state index in [9.17, 15) is 9.90 Å². The van der Waals surface area contributed by atoms with Crippen LogP contribution in [0.2, 0.25) is 0 Å². The molecule has 1 aliphatic rings. The summed E-state index contributed by atoms with van der Waals surface area (Å²) in [6.45, 7) is 0. The highest BCUT2D eigenvalue weighted by atomic mass is 16.5. The molecule has 0 aliphatic carbocycles. The minimum Gasteiger partial charge on any atom is -0.497 e. The highest BCUT2D eigenvalue weighted by molar-refractivity contribution is 5.99. The minimum absolute atomic E-state index is 0.375. The summed E-state index contributed by atoms with van der Waals surface area (Å²) in [6, 6.07) is 14.1. The van der Waals surface area contributed by atoms with Gasteiger partial charge in [0.15, 0.2) is 11.7 Å². The van der Waals surface area contributed by atoms with Crippen LogP contribution in [0.5, 0.6) is 5.75 Å². The third kappa shape index (κ3) is 2.06. The Morgan fingerprint density at radius 3 is 2.41 bits per heavy atom. The number of ether oxygens (including phenoxy) is 2. The van der Waals surface area contributed by atoms with Crippen molar-refractivity contribution in [1.82, 2.24) is 0 Å². The summed E-state index contributed by atoms with van der Waals surface area (Å²) in [7, 11) is 2.98. The number of anilines is 1. The first-order valence-corrected chi connectivity index (χ1v) is 6.91. The maximum absolute atomic E-state index is 12.3. The zero-order valence-corrected chi connectivity index (χ0v) is 12.4. The van der Waals surface area contributed by atoms with Crippen LogP contribution < -0.4 is 10.1 Å². The molecule has 3 rings (SSSR count). The molecule has 0 radical (unpaired) electrons. The van der Waals surface area contributed by atoms with E-state index in [2.05, 4.69) is 5.32 Å². The first kappa shape index (κ1) is 14.6. The number of amides is 1. The van der Waals surface area contributed by atoms with Crippen LogP contribution in [0.25, 0.3) is 0 Å². The van der Waals surface area contributed by atoms with E-state index >= 15 is 0 Å². The fourth-order valence-electron chi connectivity index (χ4n) is 2.88. The van der Waals surface area contributed by atoms with Crippen LogP contribution in [0.1, 0.15) is 11.1 Å². The average molecular weight is 299 g/mol. The van der Waals surface area contributed by atoms with Crippen LogP contribution in [0.4, 0.5) is 5.69 Å². The molecule has 22 heavy (non-hydrogen) atoms. The summed E-state index contributed by atoms with van der Waals surface area (Å²) in [6.07, 6.45) is -1.03. The van der Waals surface area contributed by atoms with Crippen molar-refractivity contribution in [2.24, 2.45) is 0 Å². The van der Waals surface area contributed by atoms with E-state index in [4.69, 9.17) is 9.47 Å². The first-order chi connectivity index (χ1) is 10.6. The highest BCUT2D eigenvalue weighted by Gasteiger charge is 2.49. The van der Waals surface area contributed by atoms with E-state index in [1.165, 1.54) is 7.11 Å². The Morgan fingerprint density at radius 2 is 1.77 bits per heavy atom. The van der Waals surface area contributed by atoms with E-state index in [0.29, 0.717) is 22.6 Å². The van der Waals surface area contributed by atoms with E-state index in [-0.39, 0.29) is 5.91 Å². The van der Waals surface area contributed by atoms with E-state index < -0.39 is 11.7 Å². The predicted octanol–water partition coefficient (Wildman–Crippen LogP) is 1.90. The van der Waals surface area contributed by atoms with Gasteiger partial charge >= 0.3 is 0 Å². The molecular formula is C17H17NO4. The number of hydrogen-bond donors (Lipinski definition) is 2. The van der Waals surface area contributed by atoms with Gasteiger partial charge in [-0.25, -0.2) is 0 Å². The molecule has 2 atom stereocenters. The van der Waals surface area contributed by atoms with Crippen LogP contribution in [0.3, 0.4) is 0 Å². The second-order valence-electron chi connectivity index (χ2n) is 5.15. The molecule has 2 N–H and O–H groups in total. The lowest BCUT2D eigenvalue weighted by atomic mass is 9.78. The largest absolute Gasteiger partial charge is 0.497 e. The number of carbonyl (C=O) groups is 1. The zero-order chi connectivity index (χ0) is 15.7. The molecule has 0 unspecified atom stereocenters. The van der Waals surface area contributed by atoms with Crippen molar-refractivity contribution in [3.63, 3.8) is 0 Å². The van der Waals surface area contributed by atoms with Crippen molar-refractivity contribution >= 4 is 11.6 Å². The van der Waals surface area contributed by atoms with E-state index in [1.807, 2.05) is 6.07 Å². The third-order valence-electron chi connectivity index (χ3n) is 3.98. The third-order valence-corrected chi connectivity index (χ3v) is 3.98. The molecule has 0 fully saturated rings. The van der Waals surface area contributed by atoms with Gasteiger partial charge in [-0.1, -0.05) is 30.3 Å². The van der Waals surface area contributed by atoms with Crippen LogP contribution in [-0.2, 0) is 15.1 Å². The molecule has 2 aromatic carbocycles. The molecule has 1 aliphatic heterocycles. The molecule has 1 heterocycles. The number of nitrogens with one attached hydrogen (secondary N) is 1. The lowest BCUT2D eigenvalue weighted by molar-refractivity contribution is -0.142. The first-order valence-electron chi connectivity index (χ1n) is 6.91. The Morgan fingerprint density at radius 1 is 1.09 bits per heavy atom. The van der Waals surface area contributed by atoms with Gasteiger partial charge in [0.05, 0.1) is 7.11 Å². The molecule has 5 nitrogen and oxygen atoms in total. The SMILES string of the molecule is COc1ccc([C@@]2(O)c3ccccc3NC(=O)[C@H]2OC)cc1. The van der Waals surface area contributed by atoms with Crippen molar-refractivity contribution in [2.45, 2.75) is 11.7 Å². The second-order valence-corrected chi connectivity index (χ2v) is 5.15. The summed E-state index contributed by atoms with van der Waals surface area (Å²) in [5.74, 6) is 0.300. The molecule has 114 valence electrons.